The summed E-state index contributed by atoms with van der Waals surface area (Å²) in [5.74, 6) is -0.361. The van der Waals surface area contributed by atoms with Crippen LogP contribution in [0.1, 0.15) is 11.1 Å². The van der Waals surface area contributed by atoms with Gasteiger partial charge in [-0.25, -0.2) is 4.39 Å². The van der Waals surface area contributed by atoms with Crippen LogP contribution in [0.5, 0.6) is 0 Å². The fourth-order valence-corrected chi connectivity index (χ4v) is 1.85. The van der Waals surface area contributed by atoms with Crippen molar-refractivity contribution >= 4 is 11.4 Å². The molecule has 3 nitrogen and oxygen atoms in total. The van der Waals surface area contributed by atoms with Crippen molar-refractivity contribution in [3.05, 3.63) is 59.4 Å². The van der Waals surface area contributed by atoms with Crippen LogP contribution in [0.25, 0.3) is 0 Å². The number of halogens is 1. The number of nitrogens with one attached hydrogen (secondary N) is 1. The van der Waals surface area contributed by atoms with E-state index < -0.39 is 0 Å². The van der Waals surface area contributed by atoms with Gasteiger partial charge >= 0.3 is 0 Å². The molecule has 0 heterocycles. The minimum absolute atomic E-state index is 0.334. The monoisotopic (exact) mass is 269 g/mol. The van der Waals surface area contributed by atoms with Crippen molar-refractivity contribution in [1.29, 1.82) is 5.26 Å². The Morgan fingerprint density at radius 1 is 1.20 bits per heavy atom. The predicted octanol–water partition coefficient (Wildman–Crippen LogP) is 3.38. The van der Waals surface area contributed by atoms with Crippen LogP contribution in [0.3, 0.4) is 0 Å². The van der Waals surface area contributed by atoms with Crippen LogP contribution < -0.4 is 10.2 Å². The van der Waals surface area contributed by atoms with Crippen LogP contribution in [-0.2, 0) is 6.54 Å². The molecule has 0 fully saturated rings. The maximum atomic E-state index is 13.7. The maximum Gasteiger partial charge on any atom is 0.129 e. The Bertz CT molecular complexity index is 644. The number of nitrogens with zero attached hydrogens (tertiary/aromatic N) is 2. The molecule has 0 aliphatic heterocycles. The van der Waals surface area contributed by atoms with E-state index in [0.717, 1.165) is 11.4 Å². The number of hydrogen-bond acceptors (Lipinski definition) is 3. The summed E-state index contributed by atoms with van der Waals surface area (Å²) in [7, 11) is 3.94. The third-order valence-electron chi connectivity index (χ3n) is 3.03. The highest BCUT2D eigenvalue weighted by Gasteiger charge is 2.04. The molecule has 0 unspecified atom stereocenters. The van der Waals surface area contributed by atoms with E-state index in [9.17, 15) is 4.39 Å². The fraction of sp³-hybridized carbons (Fsp3) is 0.188. The van der Waals surface area contributed by atoms with Gasteiger partial charge in [-0.1, -0.05) is 12.1 Å². The smallest absolute Gasteiger partial charge is 0.129 e. The van der Waals surface area contributed by atoms with Gasteiger partial charge in [0.15, 0.2) is 0 Å². The topological polar surface area (TPSA) is 39.1 Å². The van der Waals surface area contributed by atoms with Gasteiger partial charge in [-0.3, -0.25) is 0 Å². The second kappa shape index (κ2) is 6.07. The van der Waals surface area contributed by atoms with E-state index in [1.165, 1.54) is 6.07 Å². The molecular weight excluding hydrogens is 253 g/mol. The van der Waals surface area contributed by atoms with Gasteiger partial charge in [-0.2, -0.15) is 5.26 Å². The van der Waals surface area contributed by atoms with Gasteiger partial charge in [-0.15, -0.1) is 0 Å². The first-order valence-corrected chi connectivity index (χ1v) is 6.30. The SMILES string of the molecule is CN(C)c1cccc(NCc2ccc(C#N)cc2F)c1. The first-order valence-electron chi connectivity index (χ1n) is 6.30. The number of anilines is 2. The van der Waals surface area contributed by atoms with Crippen molar-refractivity contribution in [3.63, 3.8) is 0 Å². The highest BCUT2D eigenvalue weighted by atomic mass is 19.1. The van der Waals surface area contributed by atoms with Crippen LogP contribution >= 0.6 is 0 Å². The number of hydrogen-bond donors (Lipinski definition) is 1. The molecule has 0 amide bonds. The molecule has 2 rings (SSSR count). The van der Waals surface area contributed by atoms with E-state index in [2.05, 4.69) is 5.32 Å². The van der Waals surface area contributed by atoms with Gasteiger partial charge in [0, 0.05) is 37.6 Å². The molecule has 4 heteroatoms. The van der Waals surface area contributed by atoms with Crippen LogP contribution in [-0.4, -0.2) is 14.1 Å². The highest BCUT2D eigenvalue weighted by Crippen LogP contribution is 2.18. The van der Waals surface area contributed by atoms with Crippen LogP contribution in [0.15, 0.2) is 42.5 Å². The van der Waals surface area contributed by atoms with Crippen molar-refractivity contribution < 1.29 is 4.39 Å². The average molecular weight is 269 g/mol. The Balaban J connectivity index is 2.09. The number of rotatable bonds is 4. The molecule has 0 bridgehead atoms. The van der Waals surface area contributed by atoms with E-state index in [4.69, 9.17) is 5.26 Å². The summed E-state index contributed by atoms with van der Waals surface area (Å²) in [5, 5.41) is 11.9. The van der Waals surface area contributed by atoms with Gasteiger partial charge in [0.05, 0.1) is 11.6 Å². The molecule has 1 N–H and O–H groups in total. The van der Waals surface area contributed by atoms with E-state index >= 15 is 0 Å². The molecule has 0 radical (unpaired) electrons. The van der Waals surface area contributed by atoms with Crippen LogP contribution in [0, 0.1) is 17.1 Å². The second-order valence-corrected chi connectivity index (χ2v) is 4.72. The van der Waals surface area contributed by atoms with Gasteiger partial charge in [0.25, 0.3) is 0 Å². The zero-order valence-electron chi connectivity index (χ0n) is 11.5. The quantitative estimate of drug-likeness (QED) is 0.924. The van der Waals surface area contributed by atoms with Crippen molar-refractivity contribution in [3.8, 4) is 6.07 Å². The van der Waals surface area contributed by atoms with Gasteiger partial charge in [0.1, 0.15) is 5.82 Å². The zero-order chi connectivity index (χ0) is 14.5. The lowest BCUT2D eigenvalue weighted by molar-refractivity contribution is 0.612. The Kier molecular flexibility index (Phi) is 4.21. The minimum atomic E-state index is -0.361. The van der Waals surface area contributed by atoms with E-state index in [0.29, 0.717) is 17.7 Å². The molecule has 0 aliphatic rings. The van der Waals surface area contributed by atoms with Crippen LogP contribution in [0.2, 0.25) is 0 Å². The molecule has 0 spiro atoms. The molecule has 0 aromatic heterocycles. The second-order valence-electron chi connectivity index (χ2n) is 4.72. The molecule has 0 aliphatic carbocycles. The molecular formula is C16H16FN3. The lowest BCUT2D eigenvalue weighted by Gasteiger charge is -2.14. The van der Waals surface area contributed by atoms with E-state index in [-0.39, 0.29) is 5.82 Å². The van der Waals surface area contributed by atoms with Crippen molar-refractivity contribution in [2.45, 2.75) is 6.54 Å². The lowest BCUT2D eigenvalue weighted by Crippen LogP contribution is -2.09. The van der Waals surface area contributed by atoms with Gasteiger partial charge in [0.2, 0.25) is 0 Å². The molecule has 0 atom stereocenters. The Labute approximate surface area is 118 Å². The Morgan fingerprint density at radius 3 is 2.65 bits per heavy atom. The van der Waals surface area contributed by atoms with E-state index in [1.54, 1.807) is 12.1 Å². The first-order chi connectivity index (χ1) is 9.60. The molecule has 0 saturated heterocycles. The summed E-state index contributed by atoms with van der Waals surface area (Å²) in [6, 6.07) is 14.3. The van der Waals surface area contributed by atoms with Crippen molar-refractivity contribution in [1.82, 2.24) is 0 Å². The Hall–Kier alpha value is -2.54. The Morgan fingerprint density at radius 2 is 2.00 bits per heavy atom. The third kappa shape index (κ3) is 3.27. The lowest BCUT2D eigenvalue weighted by atomic mass is 10.1. The summed E-state index contributed by atoms with van der Waals surface area (Å²) < 4.78 is 13.7. The molecule has 20 heavy (non-hydrogen) atoms. The molecule has 2 aromatic carbocycles. The summed E-state index contributed by atoms with van der Waals surface area (Å²) in [6.45, 7) is 0.383. The zero-order valence-corrected chi connectivity index (χ0v) is 11.5. The molecule has 0 saturated carbocycles. The van der Waals surface area contributed by atoms with Gasteiger partial charge < -0.3 is 10.2 Å². The summed E-state index contributed by atoms with van der Waals surface area (Å²) in [6.07, 6.45) is 0. The minimum Gasteiger partial charge on any atom is -0.381 e. The van der Waals surface area contributed by atoms with Crippen molar-refractivity contribution in [2.75, 3.05) is 24.3 Å². The third-order valence-corrected chi connectivity index (χ3v) is 3.03. The summed E-state index contributed by atoms with van der Waals surface area (Å²) >= 11 is 0. The first kappa shape index (κ1) is 13.9. The fourth-order valence-electron chi connectivity index (χ4n) is 1.85. The van der Waals surface area contributed by atoms with Crippen LogP contribution in [0.4, 0.5) is 15.8 Å². The van der Waals surface area contributed by atoms with Gasteiger partial charge in [-0.05, 0) is 30.3 Å². The summed E-state index contributed by atoms with van der Waals surface area (Å²) in [4.78, 5) is 2.01. The standard InChI is InChI=1S/C16H16FN3/c1-20(2)15-5-3-4-14(9-15)19-11-13-7-6-12(10-18)8-16(13)17/h3-9,19H,11H2,1-2H3. The molecule has 2 aromatic rings. The number of nitriles is 1. The number of benzene rings is 2. The summed E-state index contributed by atoms with van der Waals surface area (Å²) in [5.41, 5.74) is 2.88. The average Bonchev–Trinajstić information content (AvgIpc) is 2.46. The molecule has 102 valence electrons. The maximum absolute atomic E-state index is 13.7. The van der Waals surface area contributed by atoms with E-state index in [1.807, 2.05) is 49.3 Å². The largest absolute Gasteiger partial charge is 0.381 e. The highest BCUT2D eigenvalue weighted by molar-refractivity contribution is 5.57. The normalized spacial score (nSPS) is 9.90. The predicted molar refractivity (Wildman–Crippen MR) is 79.2 cm³/mol. The van der Waals surface area contributed by atoms with Crippen molar-refractivity contribution in [2.24, 2.45) is 0 Å².